The van der Waals surface area contributed by atoms with Crippen molar-refractivity contribution < 1.29 is 28.2 Å². The molecular weight excluding hydrogens is 420 g/mol. The molecule has 2 heterocycles. The Morgan fingerprint density at radius 3 is 2.62 bits per heavy atom. The number of halogens is 2. The van der Waals surface area contributed by atoms with E-state index in [1.54, 1.807) is 24.4 Å². The number of aliphatic hydroxyl groups excluding tert-OH is 1. The second kappa shape index (κ2) is 9.20. The number of hydrogen-bond donors (Lipinski definition) is 2. The number of ether oxygens (including phenoxy) is 1. The van der Waals surface area contributed by atoms with Crippen LogP contribution in [0.15, 0.2) is 36.5 Å². The van der Waals surface area contributed by atoms with Crippen molar-refractivity contribution >= 4 is 17.6 Å². The summed E-state index contributed by atoms with van der Waals surface area (Å²) in [5, 5.41) is 11.6. The highest BCUT2D eigenvalue weighted by atomic mass is 19.1. The maximum atomic E-state index is 14.5. The molecule has 0 bridgehead atoms. The minimum Gasteiger partial charge on any atom is -0.487 e. The van der Waals surface area contributed by atoms with Gasteiger partial charge in [0.2, 0.25) is 11.8 Å². The van der Waals surface area contributed by atoms with Crippen LogP contribution < -0.4 is 10.1 Å². The number of alkyl halides is 2. The Bertz CT molecular complexity index is 1020. The predicted molar refractivity (Wildman–Crippen MR) is 114 cm³/mol. The van der Waals surface area contributed by atoms with Crippen molar-refractivity contribution in [3.8, 4) is 16.9 Å². The number of piperidine rings is 1. The molecule has 0 spiro atoms. The first kappa shape index (κ1) is 22.1. The maximum absolute atomic E-state index is 14.5. The number of aryl methyl sites for hydroxylation is 1. The van der Waals surface area contributed by atoms with Gasteiger partial charge in [-0.05, 0) is 54.3 Å². The number of pyridine rings is 1. The van der Waals surface area contributed by atoms with E-state index < -0.39 is 36.9 Å². The number of aromatic nitrogens is 1. The molecule has 7 nitrogen and oxygen atoms in total. The number of nitrogens with one attached hydrogen (secondary N) is 1. The van der Waals surface area contributed by atoms with Crippen LogP contribution in [0.2, 0.25) is 0 Å². The summed E-state index contributed by atoms with van der Waals surface area (Å²) in [5.41, 5.74) is 2.49. The number of carbonyl (C=O) groups is 2. The van der Waals surface area contributed by atoms with Crippen molar-refractivity contribution in [2.75, 3.05) is 25.0 Å². The lowest BCUT2D eigenvalue weighted by molar-refractivity contribution is -0.138. The number of anilines is 1. The van der Waals surface area contributed by atoms with Gasteiger partial charge < -0.3 is 20.1 Å². The monoisotopic (exact) mass is 445 g/mol. The third kappa shape index (κ3) is 4.88. The Kier molecular flexibility index (Phi) is 6.36. The molecule has 2 fully saturated rings. The zero-order valence-corrected chi connectivity index (χ0v) is 17.6. The van der Waals surface area contributed by atoms with Crippen LogP contribution in [0.1, 0.15) is 18.4 Å². The first-order valence-corrected chi connectivity index (χ1v) is 10.6. The minimum absolute atomic E-state index is 0.100. The molecule has 4 atom stereocenters. The number of amides is 2. The minimum atomic E-state index is -1.35. The van der Waals surface area contributed by atoms with Gasteiger partial charge in [-0.1, -0.05) is 6.07 Å². The molecule has 1 aromatic carbocycles. The summed E-state index contributed by atoms with van der Waals surface area (Å²) in [6, 6.07) is 9.00. The van der Waals surface area contributed by atoms with Crippen LogP contribution >= 0.6 is 0 Å². The quantitative estimate of drug-likeness (QED) is 0.713. The highest BCUT2D eigenvalue weighted by Gasteiger charge is 2.43. The number of rotatable bonds is 6. The van der Waals surface area contributed by atoms with Gasteiger partial charge in [-0.2, -0.15) is 0 Å². The lowest BCUT2D eigenvalue weighted by atomic mass is 10.0. The largest absolute Gasteiger partial charge is 0.487 e. The first-order valence-electron chi connectivity index (χ1n) is 10.6. The van der Waals surface area contributed by atoms with E-state index in [0.29, 0.717) is 24.5 Å². The lowest BCUT2D eigenvalue weighted by Crippen LogP contribution is -2.50. The standard InChI is InChI=1S/C23H25F2N3O4/c1-13-8-14(15-4-6-26-21(9-15)27-23(31)16-10-17(16)24)2-3-19(13)32-20-5-7-28(11-18(20)25)22(30)12-29/h2-4,6,8-9,16-18,20,29H,5,7,10-12H2,1H3,(H,26,27,31)/t16-,17-,18+,20-/m0/s1. The molecule has 1 aliphatic carbocycles. The average molecular weight is 445 g/mol. The summed E-state index contributed by atoms with van der Waals surface area (Å²) in [7, 11) is 0. The number of likely N-dealkylation sites (tertiary alicyclic amines) is 1. The molecule has 9 heteroatoms. The van der Waals surface area contributed by atoms with E-state index in [2.05, 4.69) is 10.3 Å². The van der Waals surface area contributed by atoms with Crippen molar-refractivity contribution in [2.45, 2.75) is 38.2 Å². The number of aliphatic hydroxyl groups is 1. The predicted octanol–water partition coefficient (Wildman–Crippen LogP) is 2.66. The third-order valence-electron chi connectivity index (χ3n) is 5.82. The second-order valence-corrected chi connectivity index (χ2v) is 8.22. The van der Waals surface area contributed by atoms with Gasteiger partial charge in [-0.3, -0.25) is 9.59 Å². The highest BCUT2D eigenvalue weighted by Crippen LogP contribution is 2.35. The van der Waals surface area contributed by atoms with E-state index in [1.165, 1.54) is 4.90 Å². The molecule has 2 amide bonds. The summed E-state index contributed by atoms with van der Waals surface area (Å²) in [4.78, 5) is 28.9. The third-order valence-corrected chi connectivity index (χ3v) is 5.82. The van der Waals surface area contributed by atoms with Crippen molar-refractivity contribution in [3.05, 3.63) is 42.1 Å². The Hall–Kier alpha value is -3.07. The van der Waals surface area contributed by atoms with Crippen molar-refractivity contribution in [1.29, 1.82) is 0 Å². The van der Waals surface area contributed by atoms with E-state index >= 15 is 0 Å². The zero-order chi connectivity index (χ0) is 22.8. The van der Waals surface area contributed by atoms with Gasteiger partial charge in [0.15, 0.2) is 6.17 Å². The van der Waals surface area contributed by atoms with Gasteiger partial charge in [-0.25, -0.2) is 13.8 Å². The zero-order valence-electron chi connectivity index (χ0n) is 17.6. The molecule has 1 aliphatic heterocycles. The Balaban J connectivity index is 1.42. The highest BCUT2D eigenvalue weighted by molar-refractivity contribution is 5.94. The molecule has 2 N–H and O–H groups in total. The van der Waals surface area contributed by atoms with E-state index in [1.807, 2.05) is 19.1 Å². The van der Waals surface area contributed by atoms with E-state index in [0.717, 1.165) is 16.7 Å². The molecule has 1 aromatic heterocycles. The number of benzene rings is 1. The van der Waals surface area contributed by atoms with Gasteiger partial charge in [0.05, 0.1) is 12.5 Å². The normalized spacial score (nSPS) is 24.7. The number of carbonyl (C=O) groups excluding carboxylic acids is 2. The molecular formula is C23H25F2N3O4. The average Bonchev–Trinajstić information content (AvgIpc) is 3.52. The SMILES string of the molecule is Cc1cc(-c2ccnc(NC(=O)[C@H]3C[C@@H]3F)c2)ccc1O[C@H]1CCN(C(=O)CO)C[C@H]1F. The fourth-order valence-corrected chi connectivity index (χ4v) is 3.80. The first-order chi connectivity index (χ1) is 15.4. The topological polar surface area (TPSA) is 91.8 Å². The van der Waals surface area contributed by atoms with Crippen LogP contribution in [-0.4, -0.2) is 64.9 Å². The molecule has 1 saturated heterocycles. The Morgan fingerprint density at radius 2 is 1.97 bits per heavy atom. The van der Waals surface area contributed by atoms with Gasteiger partial charge in [0, 0.05) is 19.2 Å². The van der Waals surface area contributed by atoms with Gasteiger partial charge >= 0.3 is 0 Å². The molecule has 1 saturated carbocycles. The van der Waals surface area contributed by atoms with Crippen molar-refractivity contribution in [1.82, 2.24) is 9.88 Å². The molecule has 32 heavy (non-hydrogen) atoms. The fourth-order valence-electron chi connectivity index (χ4n) is 3.80. The van der Waals surface area contributed by atoms with Gasteiger partial charge in [0.1, 0.15) is 30.4 Å². The van der Waals surface area contributed by atoms with Crippen LogP contribution in [-0.2, 0) is 9.59 Å². The van der Waals surface area contributed by atoms with Gasteiger partial charge in [-0.15, -0.1) is 0 Å². The van der Waals surface area contributed by atoms with Crippen molar-refractivity contribution in [3.63, 3.8) is 0 Å². The van der Waals surface area contributed by atoms with Crippen LogP contribution in [0, 0.1) is 12.8 Å². The van der Waals surface area contributed by atoms with Crippen LogP contribution in [0.25, 0.3) is 11.1 Å². The van der Waals surface area contributed by atoms with E-state index in [-0.39, 0.29) is 18.9 Å². The van der Waals surface area contributed by atoms with Crippen molar-refractivity contribution in [2.24, 2.45) is 5.92 Å². The molecule has 4 rings (SSSR count). The molecule has 2 aromatic rings. The van der Waals surface area contributed by atoms with Gasteiger partial charge in [0.25, 0.3) is 0 Å². The summed E-state index contributed by atoms with van der Waals surface area (Å²) < 4.78 is 33.5. The van der Waals surface area contributed by atoms with Crippen LogP contribution in [0.4, 0.5) is 14.6 Å². The number of hydrogen-bond acceptors (Lipinski definition) is 5. The summed E-state index contributed by atoms with van der Waals surface area (Å²) >= 11 is 0. The smallest absolute Gasteiger partial charge is 0.248 e. The van der Waals surface area contributed by atoms with Crippen LogP contribution in [0.5, 0.6) is 5.75 Å². The summed E-state index contributed by atoms with van der Waals surface area (Å²) in [6.45, 7) is 1.46. The molecule has 170 valence electrons. The summed E-state index contributed by atoms with van der Waals surface area (Å²) in [6.07, 6.45) is -0.934. The molecule has 2 aliphatic rings. The van der Waals surface area contributed by atoms with E-state index in [4.69, 9.17) is 9.84 Å². The maximum Gasteiger partial charge on any atom is 0.248 e. The summed E-state index contributed by atoms with van der Waals surface area (Å²) in [5.74, 6) is -0.537. The Morgan fingerprint density at radius 1 is 1.22 bits per heavy atom. The molecule has 0 radical (unpaired) electrons. The van der Waals surface area contributed by atoms with Crippen LogP contribution in [0.3, 0.4) is 0 Å². The molecule has 0 unspecified atom stereocenters. The van der Waals surface area contributed by atoms with E-state index in [9.17, 15) is 18.4 Å². The Labute approximate surface area is 184 Å². The second-order valence-electron chi connectivity index (χ2n) is 8.22. The lowest BCUT2D eigenvalue weighted by Gasteiger charge is -2.34. The fraction of sp³-hybridized carbons (Fsp3) is 0.435. The number of nitrogens with zero attached hydrogens (tertiary/aromatic N) is 2.